The molecule has 1 aliphatic rings. The van der Waals surface area contributed by atoms with E-state index in [0.29, 0.717) is 0 Å². The van der Waals surface area contributed by atoms with Crippen molar-refractivity contribution in [2.45, 2.75) is 26.7 Å². The molecule has 0 aliphatic carbocycles. The van der Waals surface area contributed by atoms with Gasteiger partial charge in [-0.05, 0) is 0 Å². The molecule has 1 saturated heterocycles. The van der Waals surface area contributed by atoms with Crippen molar-refractivity contribution < 1.29 is 32.7 Å². The van der Waals surface area contributed by atoms with Gasteiger partial charge in [0.2, 0.25) is 0 Å². The summed E-state index contributed by atoms with van der Waals surface area (Å²) >= 11 is 0. The van der Waals surface area contributed by atoms with E-state index in [1.165, 1.54) is 12.8 Å². The summed E-state index contributed by atoms with van der Waals surface area (Å²) in [6.07, 6.45) is 2.71. The van der Waals surface area contributed by atoms with Crippen molar-refractivity contribution in [3.63, 3.8) is 0 Å². The van der Waals surface area contributed by atoms with E-state index in [1.807, 2.05) is 0 Å². The zero-order valence-corrected chi connectivity index (χ0v) is 9.98. The molecule has 59 valence electrons. The monoisotopic (exact) mass is 216 g/mol. The minimum atomic E-state index is 0. The third-order valence-corrected chi connectivity index (χ3v) is 1.45. The van der Waals surface area contributed by atoms with Crippen LogP contribution in [-0.2, 0) is 32.7 Å². The standard InChI is InChI=1S/C6H12N.C2H5.Y/c1-6-3-2-4-7-5-6;1-2;/h6H,2-5H2,1H3;1H2,2H3;/q2*-1;. The van der Waals surface area contributed by atoms with Crippen LogP contribution in [0.4, 0.5) is 0 Å². The molecule has 0 bridgehead atoms. The van der Waals surface area contributed by atoms with E-state index < -0.39 is 0 Å². The van der Waals surface area contributed by atoms with E-state index in [-0.39, 0.29) is 32.7 Å². The average molecular weight is 216 g/mol. The summed E-state index contributed by atoms with van der Waals surface area (Å²) in [5.74, 6) is 0.869. The number of piperidine rings is 1. The van der Waals surface area contributed by atoms with Gasteiger partial charge in [-0.2, -0.15) is 6.92 Å². The predicted octanol–water partition coefficient (Wildman–Crippen LogP) is 2.63. The summed E-state index contributed by atoms with van der Waals surface area (Å²) in [4.78, 5) is 0. The van der Waals surface area contributed by atoms with Gasteiger partial charge in [-0.3, -0.25) is 0 Å². The Morgan fingerprint density at radius 1 is 1.40 bits per heavy atom. The van der Waals surface area contributed by atoms with E-state index in [4.69, 9.17) is 0 Å². The molecule has 0 N–H and O–H groups in total. The number of rotatable bonds is 0. The molecule has 1 unspecified atom stereocenters. The molecule has 0 saturated carbocycles. The smallest absolute Gasteiger partial charge is 0 e. The number of hydrogen-bond acceptors (Lipinski definition) is 0. The minimum Gasteiger partial charge on any atom is -0.662 e. The van der Waals surface area contributed by atoms with Crippen LogP contribution < -0.4 is 0 Å². The average Bonchev–Trinajstić information content (AvgIpc) is 1.94. The molecule has 1 radical (unpaired) electrons. The van der Waals surface area contributed by atoms with Gasteiger partial charge in [0.25, 0.3) is 0 Å². The molecule has 1 rings (SSSR count). The van der Waals surface area contributed by atoms with Crippen LogP contribution in [-0.4, -0.2) is 13.1 Å². The van der Waals surface area contributed by atoms with Gasteiger partial charge in [0.05, 0.1) is 0 Å². The molecule has 0 aromatic carbocycles. The van der Waals surface area contributed by atoms with Gasteiger partial charge in [0, 0.05) is 32.7 Å². The van der Waals surface area contributed by atoms with Crippen LogP contribution in [0.1, 0.15) is 26.7 Å². The van der Waals surface area contributed by atoms with Crippen LogP contribution in [0.15, 0.2) is 0 Å². The summed E-state index contributed by atoms with van der Waals surface area (Å²) in [7, 11) is 0. The Morgan fingerprint density at radius 3 is 2.20 bits per heavy atom. The first-order valence-electron chi connectivity index (χ1n) is 3.73. The maximum absolute atomic E-state index is 4.26. The van der Waals surface area contributed by atoms with Gasteiger partial charge in [-0.25, -0.2) is 0 Å². The van der Waals surface area contributed by atoms with Crippen LogP contribution >= 0.6 is 0 Å². The molecule has 0 amide bonds. The first-order valence-corrected chi connectivity index (χ1v) is 3.73. The molecule has 1 heterocycles. The van der Waals surface area contributed by atoms with Crippen LogP contribution in [0.3, 0.4) is 0 Å². The van der Waals surface area contributed by atoms with Crippen LogP contribution in [0.2, 0.25) is 0 Å². The molecular weight excluding hydrogens is 199 g/mol. The summed E-state index contributed by atoms with van der Waals surface area (Å²) in [5.41, 5.74) is 0. The van der Waals surface area contributed by atoms with Crippen LogP contribution in [0, 0.1) is 12.8 Å². The van der Waals surface area contributed by atoms with E-state index in [0.717, 1.165) is 19.0 Å². The topological polar surface area (TPSA) is 14.1 Å². The van der Waals surface area contributed by atoms with E-state index in [1.54, 1.807) is 6.92 Å². The molecule has 2 heteroatoms. The molecule has 0 spiro atoms. The first-order chi connectivity index (χ1) is 4.39. The normalized spacial score (nSPS) is 23.7. The van der Waals surface area contributed by atoms with Crippen molar-refractivity contribution in [1.29, 1.82) is 0 Å². The fourth-order valence-corrected chi connectivity index (χ4v) is 0.955. The maximum atomic E-state index is 4.26. The van der Waals surface area contributed by atoms with Crippen molar-refractivity contribution >= 4 is 0 Å². The van der Waals surface area contributed by atoms with E-state index in [9.17, 15) is 0 Å². The van der Waals surface area contributed by atoms with Gasteiger partial charge in [-0.15, -0.1) is 13.1 Å². The Morgan fingerprint density at radius 2 is 2.00 bits per heavy atom. The summed E-state index contributed by atoms with van der Waals surface area (Å²) in [5, 5.41) is 4.26. The third-order valence-electron chi connectivity index (χ3n) is 1.45. The van der Waals surface area contributed by atoms with Crippen molar-refractivity contribution in [2.75, 3.05) is 13.1 Å². The molecule has 1 fully saturated rings. The molecule has 1 atom stereocenters. The second-order valence-corrected chi connectivity index (χ2v) is 2.38. The SMILES string of the molecule is CC1CCC[N-]C1.[CH2-]C.[Y]. The maximum Gasteiger partial charge on any atom is 0 e. The third kappa shape index (κ3) is 7.17. The molecule has 0 aromatic rings. The zero-order chi connectivity index (χ0) is 7.11. The molecular formula is C8H17NY-2. The second-order valence-electron chi connectivity index (χ2n) is 2.38. The summed E-state index contributed by atoms with van der Waals surface area (Å²) < 4.78 is 0. The largest absolute Gasteiger partial charge is 0.662 e. The second kappa shape index (κ2) is 10.1. The Bertz CT molecular complexity index is 51.2. The van der Waals surface area contributed by atoms with Crippen molar-refractivity contribution in [2.24, 2.45) is 5.92 Å². The van der Waals surface area contributed by atoms with E-state index in [2.05, 4.69) is 19.2 Å². The zero-order valence-electron chi connectivity index (χ0n) is 7.14. The predicted molar refractivity (Wildman–Crippen MR) is 42.5 cm³/mol. The Labute approximate surface area is 90.2 Å². The molecule has 1 nitrogen and oxygen atoms in total. The summed E-state index contributed by atoms with van der Waals surface area (Å²) in [6.45, 7) is 9.49. The number of hydrogen-bond donors (Lipinski definition) is 0. The Kier molecular flexibility index (Phi) is 13.7. The minimum absolute atomic E-state index is 0. The fourth-order valence-electron chi connectivity index (χ4n) is 0.955. The van der Waals surface area contributed by atoms with Gasteiger partial charge in [0.15, 0.2) is 0 Å². The first kappa shape index (κ1) is 13.6. The quantitative estimate of drug-likeness (QED) is 0.552. The van der Waals surface area contributed by atoms with Gasteiger partial charge in [-0.1, -0.05) is 25.7 Å². The van der Waals surface area contributed by atoms with Crippen molar-refractivity contribution in [3.05, 3.63) is 12.2 Å². The van der Waals surface area contributed by atoms with Gasteiger partial charge in [0.1, 0.15) is 0 Å². The van der Waals surface area contributed by atoms with E-state index >= 15 is 0 Å². The fraction of sp³-hybridized carbons (Fsp3) is 0.875. The van der Waals surface area contributed by atoms with Gasteiger partial charge < -0.3 is 12.2 Å². The van der Waals surface area contributed by atoms with Crippen molar-refractivity contribution in [3.8, 4) is 0 Å². The number of nitrogens with zero attached hydrogens (tertiary/aromatic N) is 1. The molecule has 1 aliphatic heterocycles. The Balaban J connectivity index is 0. The summed E-state index contributed by atoms with van der Waals surface area (Å²) in [6, 6.07) is 0. The molecule has 10 heavy (non-hydrogen) atoms. The van der Waals surface area contributed by atoms with Crippen LogP contribution in [0.5, 0.6) is 0 Å². The molecule has 0 aromatic heterocycles. The van der Waals surface area contributed by atoms with Gasteiger partial charge >= 0.3 is 0 Å². The van der Waals surface area contributed by atoms with Crippen LogP contribution in [0.25, 0.3) is 5.32 Å². The Hall–Kier alpha value is 1.06. The van der Waals surface area contributed by atoms with Crippen molar-refractivity contribution in [1.82, 2.24) is 0 Å².